The van der Waals surface area contributed by atoms with Crippen molar-refractivity contribution >= 4 is 0 Å². The molecule has 0 radical (unpaired) electrons. The van der Waals surface area contributed by atoms with Crippen molar-refractivity contribution in [1.29, 1.82) is 0 Å². The molecule has 2 N–H and O–H groups in total. The van der Waals surface area contributed by atoms with Gasteiger partial charge in [0.05, 0.1) is 6.61 Å². The highest BCUT2D eigenvalue weighted by Crippen LogP contribution is 2.18. The first kappa shape index (κ1) is 9.71. The van der Waals surface area contributed by atoms with E-state index in [4.69, 9.17) is 5.11 Å². The van der Waals surface area contributed by atoms with Gasteiger partial charge in [-0.2, -0.15) is 13.2 Å². The van der Waals surface area contributed by atoms with Crippen LogP contribution in [-0.2, 0) is 0 Å². The third-order valence-corrected chi connectivity index (χ3v) is 1.05. The van der Waals surface area contributed by atoms with Crippen molar-refractivity contribution in [2.75, 3.05) is 13.2 Å². The second-order valence-electron chi connectivity index (χ2n) is 1.94. The number of halogens is 3. The first-order valence-electron chi connectivity index (χ1n) is 2.89. The molecule has 1 atom stereocenters. The summed E-state index contributed by atoms with van der Waals surface area (Å²) in [6.07, 6.45) is -4.21. The second-order valence-corrected chi connectivity index (χ2v) is 1.94. The minimum Gasteiger partial charge on any atom is -0.395 e. The summed E-state index contributed by atoms with van der Waals surface area (Å²) < 4.78 is 34.9. The smallest absolute Gasteiger partial charge is 0.395 e. The number of hydrogen-bond donors (Lipinski definition) is 2. The first-order valence-corrected chi connectivity index (χ1v) is 2.89. The lowest BCUT2D eigenvalue weighted by Crippen LogP contribution is -2.40. The fourth-order valence-electron chi connectivity index (χ4n) is 0.397. The molecule has 2 nitrogen and oxygen atoms in total. The fourth-order valence-corrected chi connectivity index (χ4v) is 0.397. The first-order chi connectivity index (χ1) is 4.48. The van der Waals surface area contributed by atoms with Gasteiger partial charge >= 0.3 is 6.18 Å². The molecule has 1 unspecified atom stereocenters. The molecule has 5 heteroatoms. The molecule has 0 fully saturated rings. The Morgan fingerprint density at radius 1 is 1.50 bits per heavy atom. The van der Waals surface area contributed by atoms with Gasteiger partial charge in [0, 0.05) is 6.54 Å². The molecule has 0 bridgehead atoms. The number of alkyl halides is 3. The molecule has 0 aliphatic carbocycles. The quantitative estimate of drug-likeness (QED) is 0.626. The third kappa shape index (κ3) is 3.68. The van der Waals surface area contributed by atoms with Gasteiger partial charge in [0.15, 0.2) is 0 Å². The third-order valence-electron chi connectivity index (χ3n) is 1.05. The van der Waals surface area contributed by atoms with E-state index < -0.39 is 12.2 Å². The van der Waals surface area contributed by atoms with Gasteiger partial charge < -0.3 is 10.4 Å². The maximum Gasteiger partial charge on any atom is 0.403 e. The van der Waals surface area contributed by atoms with Gasteiger partial charge in [-0.15, -0.1) is 0 Å². The number of nitrogens with one attached hydrogen (secondary N) is 1. The SMILES string of the molecule is CC(NCCO)C(F)(F)F. The van der Waals surface area contributed by atoms with Gasteiger partial charge in [-0.1, -0.05) is 0 Å². The van der Waals surface area contributed by atoms with Crippen molar-refractivity contribution in [3.05, 3.63) is 0 Å². The van der Waals surface area contributed by atoms with Crippen LogP contribution in [0.5, 0.6) is 0 Å². The Morgan fingerprint density at radius 2 is 2.00 bits per heavy atom. The van der Waals surface area contributed by atoms with Gasteiger partial charge in [0.25, 0.3) is 0 Å². The Balaban J connectivity index is 3.52. The maximum atomic E-state index is 11.6. The summed E-state index contributed by atoms with van der Waals surface area (Å²) in [4.78, 5) is 0. The summed E-state index contributed by atoms with van der Waals surface area (Å²) in [5, 5.41) is 10.2. The van der Waals surface area contributed by atoms with Crippen LogP contribution < -0.4 is 5.32 Å². The lowest BCUT2D eigenvalue weighted by molar-refractivity contribution is -0.151. The van der Waals surface area contributed by atoms with Crippen LogP contribution in [0.4, 0.5) is 13.2 Å². The molecule has 62 valence electrons. The highest BCUT2D eigenvalue weighted by Gasteiger charge is 2.35. The van der Waals surface area contributed by atoms with E-state index in [2.05, 4.69) is 5.32 Å². The van der Waals surface area contributed by atoms with Crippen molar-refractivity contribution in [3.8, 4) is 0 Å². The molecule has 0 heterocycles. The van der Waals surface area contributed by atoms with Gasteiger partial charge in [-0.25, -0.2) is 0 Å². The van der Waals surface area contributed by atoms with E-state index in [-0.39, 0.29) is 13.2 Å². The average Bonchev–Trinajstić information content (AvgIpc) is 1.80. The molecule has 10 heavy (non-hydrogen) atoms. The van der Waals surface area contributed by atoms with E-state index in [1.807, 2.05) is 0 Å². The molecular weight excluding hydrogens is 147 g/mol. The Morgan fingerprint density at radius 3 is 2.30 bits per heavy atom. The number of aliphatic hydroxyl groups excluding tert-OH is 1. The van der Waals surface area contributed by atoms with Crippen molar-refractivity contribution in [2.45, 2.75) is 19.1 Å². The van der Waals surface area contributed by atoms with E-state index >= 15 is 0 Å². The van der Waals surface area contributed by atoms with Crippen LogP contribution in [-0.4, -0.2) is 30.5 Å². The van der Waals surface area contributed by atoms with E-state index in [1.165, 1.54) is 0 Å². The normalized spacial score (nSPS) is 15.3. The Bertz CT molecular complexity index is 93.4. The van der Waals surface area contributed by atoms with Crippen LogP contribution in [0.25, 0.3) is 0 Å². The molecule has 0 saturated carbocycles. The average molecular weight is 157 g/mol. The lowest BCUT2D eigenvalue weighted by atomic mass is 10.3. The van der Waals surface area contributed by atoms with E-state index in [0.29, 0.717) is 0 Å². The summed E-state index contributed by atoms with van der Waals surface area (Å²) in [6.45, 7) is 0.705. The number of aliphatic hydroxyl groups is 1. The summed E-state index contributed by atoms with van der Waals surface area (Å²) in [6, 6.07) is -1.54. The maximum absolute atomic E-state index is 11.6. The molecule has 0 aliphatic rings. The Kier molecular flexibility index (Phi) is 3.67. The highest BCUT2D eigenvalue weighted by molar-refractivity contribution is 4.68. The van der Waals surface area contributed by atoms with E-state index in [9.17, 15) is 13.2 Å². The zero-order valence-corrected chi connectivity index (χ0v) is 5.57. The van der Waals surface area contributed by atoms with Crippen LogP contribution >= 0.6 is 0 Å². The summed E-state index contributed by atoms with van der Waals surface area (Å²) in [5.74, 6) is 0. The Hall–Kier alpha value is -0.290. The molecule has 0 spiro atoms. The molecular formula is C5H10F3NO. The van der Waals surface area contributed by atoms with Gasteiger partial charge in [-0.05, 0) is 6.92 Å². The predicted octanol–water partition coefficient (Wildman–Crippen LogP) is 0.519. The van der Waals surface area contributed by atoms with Crippen molar-refractivity contribution in [3.63, 3.8) is 0 Å². The summed E-state index contributed by atoms with van der Waals surface area (Å²) >= 11 is 0. The van der Waals surface area contributed by atoms with Crippen LogP contribution in [0, 0.1) is 0 Å². The fraction of sp³-hybridized carbons (Fsp3) is 1.00. The molecule has 0 rings (SSSR count). The van der Waals surface area contributed by atoms with E-state index in [0.717, 1.165) is 6.92 Å². The standard InChI is InChI=1S/C5H10F3NO/c1-4(5(6,7)8)9-2-3-10/h4,9-10H,2-3H2,1H3. The van der Waals surface area contributed by atoms with Gasteiger partial charge in [0.2, 0.25) is 0 Å². The predicted molar refractivity (Wildman–Crippen MR) is 30.6 cm³/mol. The summed E-state index contributed by atoms with van der Waals surface area (Å²) in [7, 11) is 0. The van der Waals surface area contributed by atoms with Crippen LogP contribution in [0.2, 0.25) is 0 Å². The number of hydrogen-bond acceptors (Lipinski definition) is 2. The second kappa shape index (κ2) is 3.78. The molecule has 0 saturated heterocycles. The van der Waals surface area contributed by atoms with Crippen molar-refractivity contribution < 1.29 is 18.3 Å². The minimum absolute atomic E-state index is 0.0271. The lowest BCUT2D eigenvalue weighted by Gasteiger charge is -2.15. The monoisotopic (exact) mass is 157 g/mol. The van der Waals surface area contributed by atoms with E-state index in [1.54, 1.807) is 0 Å². The molecule has 0 aromatic carbocycles. The molecule has 0 amide bonds. The topological polar surface area (TPSA) is 32.3 Å². The van der Waals surface area contributed by atoms with Gasteiger partial charge in [-0.3, -0.25) is 0 Å². The zero-order chi connectivity index (χ0) is 8.20. The minimum atomic E-state index is -4.21. The van der Waals surface area contributed by atoms with Crippen molar-refractivity contribution in [1.82, 2.24) is 5.32 Å². The molecule has 0 aliphatic heterocycles. The van der Waals surface area contributed by atoms with Crippen LogP contribution in [0.15, 0.2) is 0 Å². The highest BCUT2D eigenvalue weighted by atomic mass is 19.4. The number of rotatable bonds is 3. The summed E-state index contributed by atoms with van der Waals surface area (Å²) in [5.41, 5.74) is 0. The van der Waals surface area contributed by atoms with Crippen LogP contribution in [0.1, 0.15) is 6.92 Å². The largest absolute Gasteiger partial charge is 0.403 e. The zero-order valence-electron chi connectivity index (χ0n) is 5.57. The van der Waals surface area contributed by atoms with Crippen LogP contribution in [0.3, 0.4) is 0 Å². The van der Waals surface area contributed by atoms with Gasteiger partial charge in [0.1, 0.15) is 6.04 Å². The Labute approximate surface area is 57.0 Å². The molecule has 0 aromatic heterocycles. The molecule has 0 aromatic rings. The van der Waals surface area contributed by atoms with Crippen molar-refractivity contribution in [2.24, 2.45) is 0 Å².